The Bertz CT molecular complexity index is 1020. The number of fused-ring (bicyclic) bond motifs is 1. The van der Waals surface area contributed by atoms with Crippen molar-refractivity contribution in [2.75, 3.05) is 32.8 Å². The molecule has 0 unspecified atom stereocenters. The number of hydrogen-bond acceptors (Lipinski definition) is 4. The van der Waals surface area contributed by atoms with Gasteiger partial charge >= 0.3 is 0 Å². The first kappa shape index (κ1) is 19.5. The van der Waals surface area contributed by atoms with Crippen LogP contribution in [0.5, 0.6) is 0 Å². The number of hydrogen-bond donors (Lipinski definition) is 1. The van der Waals surface area contributed by atoms with Crippen LogP contribution in [0.4, 0.5) is 0 Å². The Morgan fingerprint density at radius 1 is 1.11 bits per heavy atom. The van der Waals surface area contributed by atoms with Gasteiger partial charge in [0.2, 0.25) is 0 Å². The fraction of sp³-hybridized carbons (Fsp3) is 0.333. The van der Waals surface area contributed by atoms with Gasteiger partial charge in [-0.1, -0.05) is 53.7 Å². The molecule has 0 spiro atoms. The number of nitrogens with one attached hydrogen (secondary N) is 1. The van der Waals surface area contributed by atoms with Crippen LogP contribution in [0.3, 0.4) is 0 Å². The quantitative estimate of drug-likeness (QED) is 0.494. The van der Waals surface area contributed by atoms with Gasteiger partial charge in [0.1, 0.15) is 13.1 Å². The Morgan fingerprint density at radius 3 is 2.68 bits per heavy atom. The summed E-state index contributed by atoms with van der Waals surface area (Å²) < 4.78 is 7.26. The van der Waals surface area contributed by atoms with Crippen molar-refractivity contribution < 1.29 is 9.64 Å². The van der Waals surface area contributed by atoms with Gasteiger partial charge in [-0.05, 0) is 23.8 Å². The normalized spacial score (nSPS) is 15.2. The summed E-state index contributed by atoms with van der Waals surface area (Å²) in [6, 6.07) is 15.4. The summed E-state index contributed by atoms with van der Waals surface area (Å²) >= 11 is 7.87. The lowest BCUT2D eigenvalue weighted by Crippen LogP contribution is -3.14. The Hall–Kier alpha value is -1.86. The van der Waals surface area contributed by atoms with E-state index in [4.69, 9.17) is 21.3 Å². The molecule has 0 saturated carbocycles. The summed E-state index contributed by atoms with van der Waals surface area (Å²) in [5.74, 6) is 0.675. The zero-order valence-electron chi connectivity index (χ0n) is 15.6. The Balaban J connectivity index is 1.62. The van der Waals surface area contributed by atoms with Crippen LogP contribution in [0.15, 0.2) is 58.5 Å². The molecule has 1 fully saturated rings. The molecule has 1 aliphatic rings. The van der Waals surface area contributed by atoms with Crippen LogP contribution in [0, 0.1) is 0 Å². The summed E-state index contributed by atoms with van der Waals surface area (Å²) in [4.78, 5) is 19.4. The van der Waals surface area contributed by atoms with E-state index in [-0.39, 0.29) is 5.56 Å². The van der Waals surface area contributed by atoms with Gasteiger partial charge < -0.3 is 9.64 Å². The van der Waals surface area contributed by atoms with Gasteiger partial charge in [-0.15, -0.1) is 0 Å². The minimum Gasteiger partial charge on any atom is -0.370 e. The maximum atomic E-state index is 13.1. The van der Waals surface area contributed by atoms with Crippen molar-refractivity contribution in [1.82, 2.24) is 9.55 Å². The number of benzene rings is 2. The molecule has 146 valence electrons. The predicted octanol–water partition coefficient (Wildman–Crippen LogP) is 2.26. The highest BCUT2D eigenvalue weighted by Gasteiger charge is 2.17. The standard InChI is InChI=1S/C21H22ClN3O2S/c22-18-7-3-1-5-16(18)15-28-21-23-19-8-4-2-6-17(19)20(26)25(21)10-9-24-11-13-27-14-12-24/h1-8H,9-15H2/p+1. The Morgan fingerprint density at radius 2 is 1.86 bits per heavy atom. The molecule has 1 saturated heterocycles. The molecule has 2 aromatic carbocycles. The molecule has 0 amide bonds. The lowest BCUT2D eigenvalue weighted by atomic mass is 10.2. The molecule has 0 aliphatic carbocycles. The van der Waals surface area contributed by atoms with Gasteiger partial charge in [0.15, 0.2) is 5.16 Å². The fourth-order valence-corrected chi connectivity index (χ4v) is 4.70. The number of quaternary nitrogens is 1. The van der Waals surface area contributed by atoms with E-state index < -0.39 is 0 Å². The fourth-order valence-electron chi connectivity index (χ4n) is 3.39. The van der Waals surface area contributed by atoms with Crippen molar-refractivity contribution in [1.29, 1.82) is 0 Å². The summed E-state index contributed by atoms with van der Waals surface area (Å²) in [7, 11) is 0. The number of rotatable bonds is 6. The summed E-state index contributed by atoms with van der Waals surface area (Å²) in [5, 5.41) is 2.15. The second-order valence-electron chi connectivity index (χ2n) is 6.86. The van der Waals surface area contributed by atoms with Crippen LogP contribution in [-0.4, -0.2) is 42.4 Å². The average Bonchev–Trinajstić information content (AvgIpc) is 2.73. The van der Waals surface area contributed by atoms with Crippen LogP contribution in [0.25, 0.3) is 10.9 Å². The SMILES string of the molecule is O=c1c2ccccc2nc(SCc2ccccc2Cl)n1CC[NH+]1CCOCC1. The second kappa shape index (κ2) is 9.09. The second-order valence-corrected chi connectivity index (χ2v) is 8.21. The minimum atomic E-state index is 0.0277. The average molecular weight is 417 g/mol. The molecule has 4 rings (SSSR count). The van der Waals surface area contributed by atoms with Gasteiger partial charge in [0.25, 0.3) is 5.56 Å². The highest BCUT2D eigenvalue weighted by atomic mass is 35.5. The number of nitrogens with zero attached hydrogens (tertiary/aromatic N) is 2. The summed E-state index contributed by atoms with van der Waals surface area (Å²) in [6.07, 6.45) is 0. The van der Waals surface area contributed by atoms with Crippen LogP contribution < -0.4 is 10.5 Å². The largest absolute Gasteiger partial charge is 0.370 e. The molecule has 1 aliphatic heterocycles. The third kappa shape index (κ3) is 4.41. The molecule has 1 aromatic heterocycles. The van der Waals surface area contributed by atoms with Crippen molar-refractivity contribution in [3.8, 4) is 0 Å². The van der Waals surface area contributed by atoms with Gasteiger partial charge in [-0.3, -0.25) is 9.36 Å². The van der Waals surface area contributed by atoms with Crippen LogP contribution in [0.1, 0.15) is 5.56 Å². The first-order valence-electron chi connectivity index (χ1n) is 9.49. The number of halogens is 1. The van der Waals surface area contributed by atoms with E-state index in [1.807, 2.05) is 53.1 Å². The van der Waals surface area contributed by atoms with Gasteiger partial charge in [-0.25, -0.2) is 4.98 Å². The van der Waals surface area contributed by atoms with Crippen molar-refractivity contribution in [3.63, 3.8) is 0 Å². The zero-order valence-corrected chi connectivity index (χ0v) is 17.1. The molecule has 7 heteroatoms. The van der Waals surface area contributed by atoms with E-state index in [2.05, 4.69) is 0 Å². The highest BCUT2D eigenvalue weighted by Crippen LogP contribution is 2.25. The smallest absolute Gasteiger partial charge is 0.262 e. The van der Waals surface area contributed by atoms with E-state index in [9.17, 15) is 4.79 Å². The third-order valence-electron chi connectivity index (χ3n) is 5.03. The number of thioether (sulfide) groups is 1. The Kier molecular flexibility index (Phi) is 6.32. The summed E-state index contributed by atoms with van der Waals surface area (Å²) in [6.45, 7) is 5.08. The predicted molar refractivity (Wildman–Crippen MR) is 113 cm³/mol. The molecular formula is C21H23ClN3O2S+. The van der Waals surface area contributed by atoms with Gasteiger partial charge in [0, 0.05) is 10.8 Å². The van der Waals surface area contributed by atoms with E-state index in [0.717, 1.165) is 54.1 Å². The molecule has 0 bridgehead atoms. The molecule has 5 nitrogen and oxygen atoms in total. The first-order valence-corrected chi connectivity index (χ1v) is 10.9. The number of para-hydroxylation sites is 1. The third-order valence-corrected chi connectivity index (χ3v) is 6.42. The maximum absolute atomic E-state index is 13.1. The molecule has 28 heavy (non-hydrogen) atoms. The molecule has 1 N–H and O–H groups in total. The Labute approximate surface area is 173 Å². The monoisotopic (exact) mass is 416 g/mol. The van der Waals surface area contributed by atoms with E-state index >= 15 is 0 Å². The minimum absolute atomic E-state index is 0.0277. The van der Waals surface area contributed by atoms with E-state index in [1.165, 1.54) is 4.90 Å². The maximum Gasteiger partial charge on any atom is 0.262 e. The lowest BCUT2D eigenvalue weighted by Gasteiger charge is -2.24. The van der Waals surface area contributed by atoms with Crippen molar-refractivity contribution in [2.24, 2.45) is 0 Å². The van der Waals surface area contributed by atoms with Crippen LogP contribution >= 0.6 is 23.4 Å². The van der Waals surface area contributed by atoms with E-state index in [0.29, 0.717) is 17.7 Å². The molecule has 2 heterocycles. The van der Waals surface area contributed by atoms with E-state index in [1.54, 1.807) is 11.8 Å². The van der Waals surface area contributed by atoms with Crippen LogP contribution in [-0.2, 0) is 17.0 Å². The molecule has 0 atom stereocenters. The molecule has 0 radical (unpaired) electrons. The number of morpholine rings is 1. The zero-order chi connectivity index (χ0) is 19.3. The van der Waals surface area contributed by atoms with Gasteiger partial charge in [-0.2, -0.15) is 0 Å². The van der Waals surface area contributed by atoms with Gasteiger partial charge in [0.05, 0.1) is 37.2 Å². The summed E-state index contributed by atoms with van der Waals surface area (Å²) in [5.41, 5.74) is 1.81. The first-order chi connectivity index (χ1) is 13.7. The van der Waals surface area contributed by atoms with Crippen molar-refractivity contribution in [2.45, 2.75) is 17.5 Å². The topological polar surface area (TPSA) is 48.6 Å². The van der Waals surface area contributed by atoms with Crippen molar-refractivity contribution >= 4 is 34.3 Å². The van der Waals surface area contributed by atoms with Crippen LogP contribution in [0.2, 0.25) is 5.02 Å². The number of ether oxygens (including phenoxy) is 1. The molecular weight excluding hydrogens is 394 g/mol. The lowest BCUT2D eigenvalue weighted by molar-refractivity contribution is -0.908. The van der Waals surface area contributed by atoms with Crippen molar-refractivity contribution in [3.05, 3.63) is 69.5 Å². The molecule has 3 aromatic rings. The highest BCUT2D eigenvalue weighted by molar-refractivity contribution is 7.98. The number of aromatic nitrogens is 2.